The molecule has 0 fully saturated rings. The third-order valence-corrected chi connectivity index (χ3v) is 6.04. The second kappa shape index (κ2) is 5.43. The number of carbonyl (C=O) groups excluding carboxylic acids is 1. The molecule has 110 valence electrons. The lowest BCUT2D eigenvalue weighted by Crippen LogP contribution is -2.22. The zero-order valence-corrected chi connectivity index (χ0v) is 14.7. The molecule has 0 aromatic carbocycles. The summed E-state index contributed by atoms with van der Waals surface area (Å²) in [5.74, 6) is -0.141. The Labute approximate surface area is 137 Å². The average Bonchev–Trinajstić information content (AvgIpc) is 3.06. The predicted octanol–water partition coefficient (Wildman–Crippen LogP) is 3.28. The molecule has 3 rings (SSSR count). The van der Waals surface area contributed by atoms with E-state index in [0.29, 0.717) is 17.1 Å². The molecular formula is C13H13BrN4OS2. The lowest BCUT2D eigenvalue weighted by atomic mass is 10.2. The highest BCUT2D eigenvalue weighted by Crippen LogP contribution is 2.35. The molecule has 3 heterocycles. The standard InChI is InChI=1S/C13H13BrN4OS2/c1-6-9-10(15)11(21-13(9)18(2)17-6)12(19)16-5-7-3-4-8(14)20-7/h3-4H,5,15H2,1-2H3,(H,16,19). The molecule has 0 spiro atoms. The van der Waals surface area contributed by atoms with Crippen molar-refractivity contribution in [2.24, 2.45) is 7.05 Å². The summed E-state index contributed by atoms with van der Waals surface area (Å²) in [6.45, 7) is 2.40. The van der Waals surface area contributed by atoms with Crippen molar-refractivity contribution in [2.45, 2.75) is 13.5 Å². The van der Waals surface area contributed by atoms with Crippen LogP contribution in [0.4, 0.5) is 5.69 Å². The summed E-state index contributed by atoms with van der Waals surface area (Å²) < 4.78 is 2.81. The molecule has 0 atom stereocenters. The summed E-state index contributed by atoms with van der Waals surface area (Å²) in [6.07, 6.45) is 0. The number of nitrogen functional groups attached to an aromatic ring is 1. The van der Waals surface area contributed by atoms with E-state index in [1.807, 2.05) is 26.1 Å². The van der Waals surface area contributed by atoms with Gasteiger partial charge in [-0.2, -0.15) is 5.10 Å². The van der Waals surface area contributed by atoms with E-state index < -0.39 is 0 Å². The van der Waals surface area contributed by atoms with Crippen LogP contribution < -0.4 is 11.1 Å². The van der Waals surface area contributed by atoms with Gasteiger partial charge >= 0.3 is 0 Å². The van der Waals surface area contributed by atoms with Crippen LogP contribution in [0.25, 0.3) is 10.2 Å². The number of carbonyl (C=O) groups is 1. The number of rotatable bonds is 3. The number of halogens is 1. The molecule has 0 aliphatic rings. The lowest BCUT2D eigenvalue weighted by molar-refractivity contribution is 0.0956. The second-order valence-corrected chi connectivity index (χ2v) is 8.17. The number of aryl methyl sites for hydroxylation is 2. The van der Waals surface area contributed by atoms with Gasteiger partial charge in [-0.15, -0.1) is 22.7 Å². The van der Waals surface area contributed by atoms with E-state index in [9.17, 15) is 4.79 Å². The predicted molar refractivity (Wildman–Crippen MR) is 90.9 cm³/mol. The van der Waals surface area contributed by atoms with E-state index in [0.717, 1.165) is 24.6 Å². The molecule has 0 aliphatic heterocycles. The first kappa shape index (κ1) is 14.6. The lowest BCUT2D eigenvalue weighted by Gasteiger charge is -2.02. The van der Waals surface area contributed by atoms with Gasteiger partial charge in [0.15, 0.2) is 0 Å². The van der Waals surface area contributed by atoms with Crippen LogP contribution in [0.1, 0.15) is 20.2 Å². The SMILES string of the molecule is Cc1nn(C)c2sc(C(=O)NCc3ccc(Br)s3)c(N)c12. The minimum Gasteiger partial charge on any atom is -0.397 e. The number of hydrogen-bond donors (Lipinski definition) is 2. The maximum atomic E-state index is 12.3. The molecule has 21 heavy (non-hydrogen) atoms. The number of nitrogens with one attached hydrogen (secondary N) is 1. The molecule has 0 aliphatic carbocycles. The molecule has 0 unspecified atom stereocenters. The largest absolute Gasteiger partial charge is 0.397 e. The quantitative estimate of drug-likeness (QED) is 0.727. The molecule has 3 N–H and O–H groups in total. The van der Waals surface area contributed by atoms with Gasteiger partial charge in [0.1, 0.15) is 9.71 Å². The number of amides is 1. The topological polar surface area (TPSA) is 72.9 Å². The van der Waals surface area contributed by atoms with Gasteiger partial charge in [0, 0.05) is 11.9 Å². The Hall–Kier alpha value is -1.38. The van der Waals surface area contributed by atoms with Crippen molar-refractivity contribution in [2.75, 3.05) is 5.73 Å². The van der Waals surface area contributed by atoms with Gasteiger partial charge in [0.25, 0.3) is 5.91 Å². The van der Waals surface area contributed by atoms with E-state index >= 15 is 0 Å². The van der Waals surface area contributed by atoms with Crippen molar-refractivity contribution in [3.8, 4) is 0 Å². The Morgan fingerprint density at radius 3 is 2.86 bits per heavy atom. The van der Waals surface area contributed by atoms with E-state index in [4.69, 9.17) is 5.73 Å². The van der Waals surface area contributed by atoms with Gasteiger partial charge in [-0.3, -0.25) is 9.48 Å². The van der Waals surface area contributed by atoms with Crippen LogP contribution in [0, 0.1) is 6.92 Å². The molecule has 3 aromatic heterocycles. The van der Waals surface area contributed by atoms with Gasteiger partial charge < -0.3 is 11.1 Å². The Morgan fingerprint density at radius 2 is 2.24 bits per heavy atom. The van der Waals surface area contributed by atoms with Crippen LogP contribution in [0.3, 0.4) is 0 Å². The molecule has 0 saturated carbocycles. The first-order chi connectivity index (χ1) is 9.97. The zero-order valence-electron chi connectivity index (χ0n) is 11.4. The first-order valence-electron chi connectivity index (χ1n) is 6.21. The van der Waals surface area contributed by atoms with Gasteiger partial charge in [-0.25, -0.2) is 0 Å². The summed E-state index contributed by atoms with van der Waals surface area (Å²) in [4.78, 5) is 14.9. The number of hydrogen-bond acceptors (Lipinski definition) is 5. The van der Waals surface area contributed by atoms with Gasteiger partial charge in [-0.05, 0) is 35.0 Å². The van der Waals surface area contributed by atoms with E-state index in [2.05, 4.69) is 26.3 Å². The number of nitrogens with zero attached hydrogens (tertiary/aromatic N) is 2. The Bertz CT molecular complexity index is 833. The van der Waals surface area contributed by atoms with Crippen LogP contribution >= 0.6 is 38.6 Å². The summed E-state index contributed by atoms with van der Waals surface area (Å²) in [5, 5.41) is 8.11. The highest BCUT2D eigenvalue weighted by molar-refractivity contribution is 9.11. The molecule has 5 nitrogen and oxygen atoms in total. The molecule has 8 heteroatoms. The molecule has 0 radical (unpaired) electrons. The number of fused-ring (bicyclic) bond motifs is 1. The van der Waals surface area contributed by atoms with Gasteiger partial charge in [-0.1, -0.05) is 0 Å². The molecule has 0 saturated heterocycles. The molecule has 0 bridgehead atoms. The number of aromatic nitrogens is 2. The van der Waals surface area contributed by atoms with Gasteiger partial charge in [0.05, 0.1) is 27.1 Å². The fourth-order valence-electron chi connectivity index (χ4n) is 2.19. The smallest absolute Gasteiger partial charge is 0.263 e. The van der Waals surface area contributed by atoms with Crippen molar-refractivity contribution in [1.82, 2.24) is 15.1 Å². The number of thiophene rings is 2. The summed E-state index contributed by atoms with van der Waals surface area (Å²) in [7, 11) is 1.86. The van der Waals surface area contributed by atoms with Crippen molar-refractivity contribution in [3.63, 3.8) is 0 Å². The summed E-state index contributed by atoms with van der Waals surface area (Å²) in [5.41, 5.74) is 7.49. The van der Waals surface area contributed by atoms with Crippen LogP contribution in [-0.2, 0) is 13.6 Å². The maximum absolute atomic E-state index is 12.3. The Morgan fingerprint density at radius 1 is 1.48 bits per heavy atom. The second-order valence-electron chi connectivity index (χ2n) is 4.62. The average molecular weight is 385 g/mol. The monoisotopic (exact) mass is 384 g/mol. The van der Waals surface area contributed by atoms with Crippen LogP contribution in [-0.4, -0.2) is 15.7 Å². The maximum Gasteiger partial charge on any atom is 0.263 e. The zero-order chi connectivity index (χ0) is 15.1. The van der Waals surface area contributed by atoms with Crippen molar-refractivity contribution < 1.29 is 4.79 Å². The van der Waals surface area contributed by atoms with E-state index in [-0.39, 0.29) is 5.91 Å². The van der Waals surface area contributed by atoms with Crippen LogP contribution in [0.5, 0.6) is 0 Å². The van der Waals surface area contributed by atoms with Crippen molar-refractivity contribution >= 4 is 60.4 Å². The van der Waals surface area contributed by atoms with E-state index in [1.54, 1.807) is 16.0 Å². The van der Waals surface area contributed by atoms with Crippen molar-refractivity contribution in [3.05, 3.63) is 31.4 Å². The minimum absolute atomic E-state index is 0.141. The summed E-state index contributed by atoms with van der Waals surface area (Å²) >= 11 is 6.39. The van der Waals surface area contributed by atoms with Crippen LogP contribution in [0.15, 0.2) is 15.9 Å². The third kappa shape index (κ3) is 2.58. The Balaban J connectivity index is 1.84. The fourth-order valence-corrected chi connectivity index (χ4v) is 4.72. The fraction of sp³-hybridized carbons (Fsp3) is 0.231. The molecule has 3 aromatic rings. The number of anilines is 1. The molecular weight excluding hydrogens is 372 g/mol. The Kier molecular flexibility index (Phi) is 3.76. The number of nitrogens with two attached hydrogens (primary N) is 1. The highest BCUT2D eigenvalue weighted by atomic mass is 79.9. The normalized spacial score (nSPS) is 11.2. The first-order valence-corrected chi connectivity index (χ1v) is 8.64. The summed E-state index contributed by atoms with van der Waals surface area (Å²) in [6, 6.07) is 3.95. The van der Waals surface area contributed by atoms with Crippen LogP contribution in [0.2, 0.25) is 0 Å². The third-order valence-electron chi connectivity index (χ3n) is 3.14. The van der Waals surface area contributed by atoms with Gasteiger partial charge in [0.2, 0.25) is 0 Å². The van der Waals surface area contributed by atoms with E-state index in [1.165, 1.54) is 11.3 Å². The highest BCUT2D eigenvalue weighted by Gasteiger charge is 2.20. The molecule has 1 amide bonds. The van der Waals surface area contributed by atoms with Crippen molar-refractivity contribution in [1.29, 1.82) is 0 Å². The minimum atomic E-state index is -0.141.